The Bertz CT molecular complexity index is 4790. The monoisotopic (exact) mass is 1320 g/mol. The summed E-state index contributed by atoms with van der Waals surface area (Å²) >= 11 is 0. The van der Waals surface area contributed by atoms with Gasteiger partial charge in [0.05, 0.1) is 0 Å². The standard InChI is InChI=1S/C17H18N2.5C15H18N/c1-14-8-6-7-11-17(14)19-13-12-18(15(19)2)16-9-4-3-5-10-16;1-4-13-8-9-14(12(2)11-13)15-7-5-6-10-16(15)3;2*1-4-13-9-10-16(3)15(11-13)14-8-6-5-7-12(14)2;2*1-4-13-9-10-15(16(3)11-13)14-8-6-5-7-12(14)2/h3-13,15H,1-2H3;5*5-11H,4H2,1-3H3/q;5*+1/t15-;;;;;/m0...../s1/i;2*4D2;;4D2;. The van der Waals surface area contributed by atoms with Gasteiger partial charge in [0.2, 0.25) is 28.5 Å². The number of hydrogen-bond donors (Lipinski definition) is 0. The first-order valence-corrected chi connectivity index (χ1v) is 34.5. The molecule has 0 aliphatic carbocycles. The maximum absolute atomic E-state index is 7.81. The number of para-hydroxylation sites is 2. The first-order valence-electron chi connectivity index (χ1n) is 37.5. The second kappa shape index (κ2) is 36.8. The Hall–Kier alpha value is -10.4. The van der Waals surface area contributed by atoms with Gasteiger partial charge in [0, 0.05) is 119 Å². The third-order valence-corrected chi connectivity index (χ3v) is 18.3. The molecule has 1 aliphatic heterocycles. The van der Waals surface area contributed by atoms with Crippen molar-refractivity contribution in [1.29, 1.82) is 0 Å². The molecule has 6 heterocycles. The molecule has 0 saturated heterocycles. The van der Waals surface area contributed by atoms with Crippen LogP contribution in [0.3, 0.4) is 0 Å². The van der Waals surface area contributed by atoms with Crippen molar-refractivity contribution in [2.75, 3.05) is 9.80 Å². The van der Waals surface area contributed by atoms with Crippen LogP contribution in [0.1, 0.15) is 111 Å². The van der Waals surface area contributed by atoms with Crippen LogP contribution in [0.15, 0.2) is 280 Å². The first-order chi connectivity index (χ1) is 49.9. The van der Waals surface area contributed by atoms with Crippen molar-refractivity contribution in [2.24, 2.45) is 35.2 Å². The highest BCUT2D eigenvalue weighted by Gasteiger charge is 2.25. The fourth-order valence-corrected chi connectivity index (χ4v) is 12.2. The van der Waals surface area contributed by atoms with Crippen LogP contribution in [-0.2, 0) is 67.2 Å². The van der Waals surface area contributed by atoms with Crippen molar-refractivity contribution in [3.05, 3.63) is 341 Å². The SMILES string of the molecule is CCc1cc[n+](C)c(-c2ccccc2C)c1.CCc1ccc(-c2ccccc2C)[n+](C)c1.Cc1ccccc1N1C=CN(c2ccccc2)[C@@H]1C.[2H]C([2H])(C)c1cc[n+](C)c(-c2ccccc2C)c1.[2H]C([2H])(C)c1ccc(-c2cccc[n+]2C)c(C)c1.[2H]C([2H])(C)c1ccc(-c2ccccc2C)[n+](C)c1. The largest absolute Gasteiger partial charge is 0.326 e. The molecular formula is C92H108N7+5. The van der Waals surface area contributed by atoms with Crippen LogP contribution in [0.4, 0.5) is 11.4 Å². The minimum atomic E-state index is -1.31. The van der Waals surface area contributed by atoms with Gasteiger partial charge in [-0.25, -0.2) is 22.8 Å². The molecule has 1 aliphatic rings. The van der Waals surface area contributed by atoms with Crippen molar-refractivity contribution >= 4 is 11.4 Å². The summed E-state index contributed by atoms with van der Waals surface area (Å²) < 4.78 is 57.1. The number of nitrogens with zero attached hydrogens (tertiary/aromatic N) is 7. The molecule has 1 atom stereocenters. The maximum Gasteiger partial charge on any atom is 0.212 e. The van der Waals surface area contributed by atoms with Gasteiger partial charge in [-0.05, 0) is 197 Å². The normalized spacial score (nSPS) is 13.2. The molecule has 0 spiro atoms. The van der Waals surface area contributed by atoms with Gasteiger partial charge >= 0.3 is 0 Å². The van der Waals surface area contributed by atoms with Gasteiger partial charge < -0.3 is 9.80 Å². The van der Waals surface area contributed by atoms with E-state index in [1.165, 1.54) is 78.4 Å². The average Bonchev–Trinajstić information content (AvgIpc) is 1.65. The molecule has 0 amide bonds. The Morgan fingerprint density at radius 3 is 1.14 bits per heavy atom. The quantitative estimate of drug-likeness (QED) is 0.114. The molecule has 0 fully saturated rings. The highest BCUT2D eigenvalue weighted by Crippen LogP contribution is 2.31. The van der Waals surface area contributed by atoms with Crippen molar-refractivity contribution in [3.63, 3.8) is 0 Å². The van der Waals surface area contributed by atoms with E-state index in [2.05, 4.69) is 269 Å². The summed E-state index contributed by atoms with van der Waals surface area (Å²) in [4.78, 5) is 4.59. The molecule has 506 valence electrons. The molecule has 0 radical (unpaired) electrons. The average molecular weight is 1320 g/mol. The van der Waals surface area contributed by atoms with Crippen LogP contribution in [0.2, 0.25) is 0 Å². The van der Waals surface area contributed by atoms with Gasteiger partial charge in [0.15, 0.2) is 31.0 Å². The van der Waals surface area contributed by atoms with Gasteiger partial charge in [0.1, 0.15) is 41.4 Å². The second-order valence-corrected chi connectivity index (χ2v) is 25.2. The lowest BCUT2D eigenvalue weighted by atomic mass is 10.0. The lowest BCUT2D eigenvalue weighted by Gasteiger charge is -2.30. The predicted octanol–water partition coefficient (Wildman–Crippen LogP) is 19.4. The predicted molar refractivity (Wildman–Crippen MR) is 417 cm³/mol. The summed E-state index contributed by atoms with van der Waals surface area (Å²) in [6, 6.07) is 80.8. The van der Waals surface area contributed by atoms with Crippen LogP contribution in [0.25, 0.3) is 56.3 Å². The van der Waals surface area contributed by atoms with Gasteiger partial charge in [0.25, 0.3) is 0 Å². The molecule has 0 saturated carbocycles. The zero-order chi connectivity index (χ0) is 76.3. The number of aryl methyl sites for hydroxylation is 16. The number of hydrogen-bond acceptors (Lipinski definition) is 2. The summed E-state index contributed by atoms with van der Waals surface area (Å²) in [6.45, 7) is 24.0. The molecule has 99 heavy (non-hydrogen) atoms. The summed E-state index contributed by atoms with van der Waals surface area (Å²) in [5.41, 5.74) is 26.8. The molecular weight excluding hydrogens is 1200 g/mol. The highest BCUT2D eigenvalue weighted by atomic mass is 15.4. The van der Waals surface area contributed by atoms with Crippen LogP contribution in [0, 0.1) is 41.5 Å². The summed E-state index contributed by atoms with van der Waals surface area (Å²) in [5, 5.41) is 0. The van der Waals surface area contributed by atoms with Gasteiger partial charge in [-0.3, -0.25) is 0 Å². The molecule has 13 rings (SSSR count). The Kier molecular flexibility index (Phi) is 24.5. The Labute approximate surface area is 603 Å². The second-order valence-electron chi connectivity index (χ2n) is 25.2. The van der Waals surface area contributed by atoms with E-state index in [0.29, 0.717) is 17.3 Å². The number of aromatic nitrogens is 5. The van der Waals surface area contributed by atoms with E-state index < -0.39 is 19.1 Å². The fourth-order valence-electron chi connectivity index (χ4n) is 12.2. The van der Waals surface area contributed by atoms with Gasteiger partial charge in [-0.1, -0.05) is 156 Å². The third-order valence-electron chi connectivity index (χ3n) is 18.3. The van der Waals surface area contributed by atoms with E-state index in [0.717, 1.165) is 52.2 Å². The topological polar surface area (TPSA) is 25.9 Å². The Balaban J connectivity index is 0.000000159. The van der Waals surface area contributed by atoms with E-state index in [4.69, 9.17) is 8.22 Å². The molecule has 0 bridgehead atoms. The van der Waals surface area contributed by atoms with Gasteiger partial charge in [-0.2, -0.15) is 0 Å². The van der Waals surface area contributed by atoms with Crippen molar-refractivity contribution in [3.8, 4) is 56.3 Å². The number of pyridine rings is 5. The molecule has 5 aromatic heterocycles. The van der Waals surface area contributed by atoms with Crippen LogP contribution < -0.4 is 32.6 Å². The Morgan fingerprint density at radius 2 is 0.677 bits per heavy atom. The molecule has 7 heteroatoms. The zero-order valence-corrected chi connectivity index (χ0v) is 61.7. The van der Waals surface area contributed by atoms with E-state index in [-0.39, 0.29) is 0 Å². The number of anilines is 2. The van der Waals surface area contributed by atoms with E-state index in [1.807, 2.05) is 141 Å². The summed E-state index contributed by atoms with van der Waals surface area (Å²) in [6.07, 6.45) is 13.0. The molecule has 7 nitrogen and oxygen atoms in total. The third kappa shape index (κ3) is 19.9. The van der Waals surface area contributed by atoms with Crippen molar-refractivity contribution in [1.82, 2.24) is 0 Å². The molecule has 7 aromatic carbocycles. The highest BCUT2D eigenvalue weighted by molar-refractivity contribution is 5.66. The minimum Gasteiger partial charge on any atom is -0.326 e. The summed E-state index contributed by atoms with van der Waals surface area (Å²) in [7, 11) is 10.2. The number of rotatable bonds is 12. The van der Waals surface area contributed by atoms with Crippen LogP contribution >= 0.6 is 0 Å². The molecule has 0 N–H and O–H groups in total. The molecule has 0 unspecified atom stereocenters. The smallest absolute Gasteiger partial charge is 0.212 e. The molecule has 12 aromatic rings. The van der Waals surface area contributed by atoms with E-state index in [9.17, 15) is 0 Å². The Morgan fingerprint density at radius 1 is 0.303 bits per heavy atom. The summed E-state index contributed by atoms with van der Waals surface area (Å²) in [5.74, 6) is 0. The number of benzene rings is 7. The van der Waals surface area contributed by atoms with Crippen LogP contribution in [0.5, 0.6) is 0 Å². The van der Waals surface area contributed by atoms with E-state index in [1.54, 1.807) is 20.8 Å². The minimum absolute atomic E-state index is 0.295. The first kappa shape index (κ1) is 65.9. The van der Waals surface area contributed by atoms with Crippen molar-refractivity contribution < 1.29 is 31.1 Å². The van der Waals surface area contributed by atoms with Crippen molar-refractivity contribution in [2.45, 2.75) is 121 Å². The lowest BCUT2D eigenvalue weighted by Crippen LogP contribution is -2.36. The van der Waals surface area contributed by atoms with Gasteiger partial charge in [-0.15, -0.1) is 0 Å². The lowest BCUT2D eigenvalue weighted by molar-refractivity contribution is -0.660. The van der Waals surface area contributed by atoms with E-state index >= 15 is 0 Å². The zero-order valence-electron chi connectivity index (χ0n) is 67.7. The fraction of sp³-hybridized carbons (Fsp3) is 0.250. The van der Waals surface area contributed by atoms with Crippen LogP contribution in [-0.4, -0.2) is 6.17 Å². The maximum atomic E-state index is 7.81.